The number of benzene rings is 2. The van der Waals surface area contributed by atoms with E-state index in [1.54, 1.807) is 0 Å². The highest BCUT2D eigenvalue weighted by molar-refractivity contribution is 7.92. The molecule has 0 fully saturated rings. The third kappa shape index (κ3) is 5.70. The minimum Gasteiger partial charge on any atom is -0.478 e. The number of hydrogen-bond donors (Lipinski definition) is 1. The molecule has 0 amide bonds. The predicted molar refractivity (Wildman–Crippen MR) is 112 cm³/mol. The van der Waals surface area contributed by atoms with Crippen LogP contribution in [-0.2, 0) is 28.9 Å². The van der Waals surface area contributed by atoms with Crippen molar-refractivity contribution in [2.75, 3.05) is 4.31 Å². The smallest absolute Gasteiger partial charge is 0.419 e. The van der Waals surface area contributed by atoms with Gasteiger partial charge < -0.3 is 5.11 Å². The highest BCUT2D eigenvalue weighted by Crippen LogP contribution is 2.37. The summed E-state index contributed by atoms with van der Waals surface area (Å²) in [6.07, 6.45) is -9.73. The lowest BCUT2D eigenvalue weighted by atomic mass is 10.1. The Bertz CT molecular complexity index is 1410. The topological polar surface area (TPSA) is 87.6 Å². The third-order valence-corrected chi connectivity index (χ3v) is 6.77. The lowest BCUT2D eigenvalue weighted by Crippen LogP contribution is -2.32. The highest BCUT2D eigenvalue weighted by Gasteiger charge is 2.36. The van der Waals surface area contributed by atoms with Crippen LogP contribution in [0.5, 0.6) is 0 Å². The molecule has 0 bridgehead atoms. The van der Waals surface area contributed by atoms with Crippen molar-refractivity contribution < 1.29 is 49.1 Å². The normalized spacial score (nSPS) is 12.4. The monoisotopic (exact) mass is 556 g/mol. The highest BCUT2D eigenvalue weighted by atomic mass is 35.5. The lowest BCUT2D eigenvalue weighted by Gasteiger charge is -2.25. The van der Waals surface area contributed by atoms with Gasteiger partial charge in [-0.1, -0.05) is 17.7 Å². The van der Waals surface area contributed by atoms with E-state index in [1.165, 1.54) is 0 Å². The first-order valence-corrected chi connectivity index (χ1v) is 11.3. The Hall–Kier alpha value is -3.39. The van der Waals surface area contributed by atoms with Crippen molar-refractivity contribution in [1.29, 1.82) is 0 Å². The molecule has 0 aliphatic carbocycles. The van der Waals surface area contributed by atoms with Gasteiger partial charge in [0.1, 0.15) is 5.82 Å². The van der Waals surface area contributed by atoms with E-state index in [2.05, 4.69) is 4.98 Å². The maximum Gasteiger partial charge on any atom is 0.419 e. The zero-order valence-electron chi connectivity index (χ0n) is 17.4. The van der Waals surface area contributed by atoms with Gasteiger partial charge in [-0.2, -0.15) is 26.3 Å². The van der Waals surface area contributed by atoms with Gasteiger partial charge in [0.15, 0.2) is 5.82 Å². The van der Waals surface area contributed by atoms with Crippen LogP contribution in [-0.4, -0.2) is 24.5 Å². The first-order chi connectivity index (χ1) is 16.5. The molecular formula is C21H12ClF7N2O4S. The zero-order valence-corrected chi connectivity index (χ0v) is 19.0. The maximum absolute atomic E-state index is 13.7. The predicted octanol–water partition coefficient (Wildman–Crippen LogP) is 6.01. The Labute approximate surface area is 203 Å². The molecule has 192 valence electrons. The summed E-state index contributed by atoms with van der Waals surface area (Å²) in [6, 6.07) is 5.61. The number of carboxylic acid groups (broad SMARTS) is 1. The minimum absolute atomic E-state index is 0.281. The maximum atomic E-state index is 13.7. The summed E-state index contributed by atoms with van der Waals surface area (Å²) in [5, 5.41) is 8.20. The quantitative estimate of drug-likeness (QED) is 0.376. The number of carbonyl (C=O) groups is 1. The van der Waals surface area contributed by atoms with Crippen LogP contribution in [0, 0.1) is 5.82 Å². The molecule has 15 heteroatoms. The molecule has 3 aromatic rings. The van der Waals surface area contributed by atoms with Crippen LogP contribution < -0.4 is 4.31 Å². The standard InChI is InChI=1S/C21H12ClF7N2O4S/c22-16-8-13(20(24,25)26)9-30-18(16)31(10-11-1-6-17(23)15(7-11)21(27,28)29)36(34,35)14-4-2-12(3-5-14)19(32)33/h1-9H,10H2,(H,32,33). The number of carboxylic acids is 1. The van der Waals surface area contributed by atoms with Gasteiger partial charge in [-0.3, -0.25) is 0 Å². The number of pyridine rings is 1. The number of nitrogens with zero attached hydrogens (tertiary/aromatic N) is 2. The Kier molecular flexibility index (Phi) is 7.24. The fraction of sp³-hybridized carbons (Fsp3) is 0.143. The number of anilines is 1. The van der Waals surface area contributed by atoms with Crippen molar-refractivity contribution in [3.05, 3.63) is 87.8 Å². The van der Waals surface area contributed by atoms with Crippen molar-refractivity contribution in [3.8, 4) is 0 Å². The number of rotatable bonds is 6. The zero-order chi connectivity index (χ0) is 27.1. The second-order valence-electron chi connectivity index (χ2n) is 7.18. The molecule has 1 N–H and O–H groups in total. The molecule has 0 aliphatic rings. The van der Waals surface area contributed by atoms with Crippen molar-refractivity contribution in [2.45, 2.75) is 23.8 Å². The van der Waals surface area contributed by atoms with Crippen molar-refractivity contribution in [1.82, 2.24) is 4.98 Å². The summed E-state index contributed by atoms with van der Waals surface area (Å²) in [4.78, 5) is 14.0. The number of aromatic carboxylic acids is 1. The molecule has 1 heterocycles. The Morgan fingerprint density at radius 2 is 1.58 bits per heavy atom. The third-order valence-electron chi connectivity index (χ3n) is 4.74. The minimum atomic E-state index is -5.12. The van der Waals surface area contributed by atoms with Crippen LogP contribution in [0.4, 0.5) is 36.6 Å². The van der Waals surface area contributed by atoms with Crippen LogP contribution in [0.2, 0.25) is 5.02 Å². The van der Waals surface area contributed by atoms with Crippen LogP contribution in [0.3, 0.4) is 0 Å². The van der Waals surface area contributed by atoms with Crippen LogP contribution in [0.25, 0.3) is 0 Å². The van der Waals surface area contributed by atoms with Gasteiger partial charge in [0.2, 0.25) is 0 Å². The summed E-state index contributed by atoms with van der Waals surface area (Å²) in [7, 11) is -4.79. The Morgan fingerprint density at radius 1 is 0.972 bits per heavy atom. The first-order valence-electron chi connectivity index (χ1n) is 9.46. The Balaban J connectivity index is 2.17. The van der Waals surface area contributed by atoms with E-state index >= 15 is 0 Å². The summed E-state index contributed by atoms with van der Waals surface area (Å²) in [6.45, 7) is -0.940. The molecule has 0 saturated carbocycles. The van der Waals surface area contributed by atoms with Gasteiger partial charge >= 0.3 is 18.3 Å². The second kappa shape index (κ2) is 9.58. The van der Waals surface area contributed by atoms with Gasteiger partial charge in [0, 0.05) is 6.20 Å². The molecule has 6 nitrogen and oxygen atoms in total. The Morgan fingerprint density at radius 3 is 2.08 bits per heavy atom. The molecular weight excluding hydrogens is 545 g/mol. The molecule has 0 unspecified atom stereocenters. The first kappa shape index (κ1) is 27.2. The number of sulfonamides is 1. The lowest BCUT2D eigenvalue weighted by molar-refractivity contribution is -0.140. The van der Waals surface area contributed by atoms with Gasteiger partial charge in [-0.05, 0) is 48.0 Å². The second-order valence-corrected chi connectivity index (χ2v) is 9.45. The van der Waals surface area contributed by atoms with E-state index in [9.17, 15) is 43.9 Å². The summed E-state index contributed by atoms with van der Waals surface area (Å²) < 4.78 is 119. The SMILES string of the molecule is O=C(O)c1ccc(S(=O)(=O)N(Cc2ccc(F)c(C(F)(F)F)c2)c2ncc(C(F)(F)F)cc2Cl)cc1. The van der Waals surface area contributed by atoms with Crippen molar-refractivity contribution >= 4 is 33.4 Å². The summed E-state index contributed by atoms with van der Waals surface area (Å²) >= 11 is 5.90. The van der Waals surface area contributed by atoms with E-state index in [-0.39, 0.29) is 11.8 Å². The van der Waals surface area contributed by atoms with Gasteiger partial charge in [-0.25, -0.2) is 26.9 Å². The van der Waals surface area contributed by atoms with Gasteiger partial charge in [0.25, 0.3) is 10.0 Å². The molecule has 0 spiro atoms. The molecule has 3 rings (SSSR count). The molecule has 0 aliphatic heterocycles. The average molecular weight is 557 g/mol. The average Bonchev–Trinajstić information content (AvgIpc) is 2.77. The van der Waals surface area contributed by atoms with E-state index in [4.69, 9.17) is 16.7 Å². The number of alkyl halides is 6. The number of halogens is 8. The molecule has 1 aromatic heterocycles. The fourth-order valence-electron chi connectivity index (χ4n) is 2.99. The number of aromatic nitrogens is 1. The van der Waals surface area contributed by atoms with Crippen molar-refractivity contribution in [2.24, 2.45) is 0 Å². The molecule has 0 radical (unpaired) electrons. The van der Waals surface area contributed by atoms with E-state index < -0.39 is 73.1 Å². The van der Waals surface area contributed by atoms with Gasteiger partial charge in [0.05, 0.1) is 33.2 Å². The molecule has 0 atom stereocenters. The summed E-state index contributed by atoms with van der Waals surface area (Å²) in [5.74, 6) is -3.77. The largest absolute Gasteiger partial charge is 0.478 e. The number of hydrogen-bond acceptors (Lipinski definition) is 4. The molecule has 2 aromatic carbocycles. The van der Waals surface area contributed by atoms with Crippen LogP contribution in [0.1, 0.15) is 27.0 Å². The molecule has 36 heavy (non-hydrogen) atoms. The fourth-order valence-corrected chi connectivity index (χ4v) is 4.74. The van der Waals surface area contributed by atoms with E-state index in [0.29, 0.717) is 22.5 Å². The summed E-state index contributed by atoms with van der Waals surface area (Å²) in [5.41, 5.74) is -3.71. The van der Waals surface area contributed by atoms with Gasteiger partial charge in [-0.15, -0.1) is 0 Å². The van der Waals surface area contributed by atoms with Crippen LogP contribution in [0.15, 0.2) is 59.6 Å². The van der Waals surface area contributed by atoms with Crippen LogP contribution >= 0.6 is 11.6 Å². The van der Waals surface area contributed by atoms with E-state index in [1.807, 2.05) is 0 Å². The van der Waals surface area contributed by atoms with Crippen molar-refractivity contribution in [3.63, 3.8) is 0 Å². The molecule has 0 saturated heterocycles. The van der Waals surface area contributed by atoms with E-state index in [0.717, 1.165) is 30.3 Å².